The van der Waals surface area contributed by atoms with Crippen molar-refractivity contribution in [3.05, 3.63) is 34.9 Å². The third-order valence-corrected chi connectivity index (χ3v) is 3.94. The third kappa shape index (κ3) is 2.70. The molecule has 0 unspecified atom stereocenters. The summed E-state index contributed by atoms with van der Waals surface area (Å²) in [4.78, 5) is 2.50. The molecule has 3 rings (SSSR count). The average molecular weight is 230 g/mol. The number of nitrogens with zero attached hydrogens (tertiary/aromatic N) is 1. The van der Waals surface area contributed by atoms with Gasteiger partial charge in [0.1, 0.15) is 0 Å². The summed E-state index contributed by atoms with van der Waals surface area (Å²) in [7, 11) is 2.26. The van der Waals surface area contributed by atoms with Gasteiger partial charge in [0.25, 0.3) is 0 Å². The molecule has 92 valence electrons. The highest BCUT2D eigenvalue weighted by atomic mass is 15.1. The van der Waals surface area contributed by atoms with E-state index in [4.69, 9.17) is 0 Å². The van der Waals surface area contributed by atoms with Crippen LogP contribution in [0.3, 0.4) is 0 Å². The summed E-state index contributed by atoms with van der Waals surface area (Å²) in [5, 5.41) is 3.45. The standard InChI is InChI=1S/C15H22N2/c1-17(10-12-5-6-12)11-14-4-2-3-13-9-16-8-7-15(13)14/h2-4,12,16H,5-11H2,1H3. The number of rotatable bonds is 4. The van der Waals surface area contributed by atoms with Crippen molar-refractivity contribution < 1.29 is 0 Å². The molecule has 17 heavy (non-hydrogen) atoms. The van der Waals surface area contributed by atoms with Gasteiger partial charge < -0.3 is 10.2 Å². The van der Waals surface area contributed by atoms with Crippen LogP contribution in [0.5, 0.6) is 0 Å². The summed E-state index contributed by atoms with van der Waals surface area (Å²) >= 11 is 0. The zero-order valence-corrected chi connectivity index (χ0v) is 10.7. The third-order valence-electron chi connectivity index (χ3n) is 3.94. The van der Waals surface area contributed by atoms with Crippen molar-refractivity contribution >= 4 is 0 Å². The van der Waals surface area contributed by atoms with E-state index in [0.717, 1.165) is 25.6 Å². The summed E-state index contributed by atoms with van der Waals surface area (Å²) in [6.07, 6.45) is 4.09. The van der Waals surface area contributed by atoms with E-state index < -0.39 is 0 Å². The Kier molecular flexibility index (Phi) is 3.17. The van der Waals surface area contributed by atoms with Crippen molar-refractivity contribution in [1.82, 2.24) is 10.2 Å². The molecule has 0 atom stereocenters. The highest BCUT2D eigenvalue weighted by Gasteiger charge is 2.23. The maximum atomic E-state index is 3.45. The summed E-state index contributed by atoms with van der Waals surface area (Å²) in [5.41, 5.74) is 4.66. The first-order chi connectivity index (χ1) is 8.33. The van der Waals surface area contributed by atoms with E-state index in [2.05, 4.69) is 35.5 Å². The molecule has 0 bridgehead atoms. The molecule has 0 saturated heterocycles. The lowest BCUT2D eigenvalue weighted by atomic mass is 9.95. The van der Waals surface area contributed by atoms with Crippen molar-refractivity contribution in [1.29, 1.82) is 0 Å². The smallest absolute Gasteiger partial charge is 0.0233 e. The first-order valence-electron chi connectivity index (χ1n) is 6.82. The summed E-state index contributed by atoms with van der Waals surface area (Å²) in [6, 6.07) is 6.80. The van der Waals surface area contributed by atoms with Crippen molar-refractivity contribution in [3.63, 3.8) is 0 Å². The molecule has 2 heteroatoms. The molecule has 1 aromatic rings. The number of fused-ring (bicyclic) bond motifs is 1. The van der Waals surface area contributed by atoms with Gasteiger partial charge in [-0.3, -0.25) is 0 Å². The van der Waals surface area contributed by atoms with Crippen LogP contribution in [0.2, 0.25) is 0 Å². The monoisotopic (exact) mass is 230 g/mol. The van der Waals surface area contributed by atoms with Crippen LogP contribution in [0.15, 0.2) is 18.2 Å². The molecule has 1 N–H and O–H groups in total. The van der Waals surface area contributed by atoms with Gasteiger partial charge in [-0.1, -0.05) is 18.2 Å². The van der Waals surface area contributed by atoms with Crippen LogP contribution in [0, 0.1) is 5.92 Å². The SMILES string of the molecule is CN(Cc1cccc2c1CCNC2)CC1CC1. The molecule has 0 spiro atoms. The van der Waals surface area contributed by atoms with Gasteiger partial charge in [-0.05, 0) is 55.5 Å². The van der Waals surface area contributed by atoms with E-state index >= 15 is 0 Å². The zero-order valence-electron chi connectivity index (χ0n) is 10.7. The molecule has 1 fully saturated rings. The zero-order chi connectivity index (χ0) is 11.7. The van der Waals surface area contributed by atoms with Crippen LogP contribution in [-0.2, 0) is 19.5 Å². The second kappa shape index (κ2) is 4.79. The molecule has 2 nitrogen and oxygen atoms in total. The van der Waals surface area contributed by atoms with Gasteiger partial charge in [0, 0.05) is 19.6 Å². The van der Waals surface area contributed by atoms with E-state index in [0.29, 0.717) is 0 Å². The topological polar surface area (TPSA) is 15.3 Å². The van der Waals surface area contributed by atoms with Crippen LogP contribution in [0.1, 0.15) is 29.5 Å². The molecule has 1 aromatic carbocycles. The molecular formula is C15H22N2. The Morgan fingerprint density at radius 1 is 1.35 bits per heavy atom. The minimum atomic E-state index is 0.987. The van der Waals surface area contributed by atoms with Gasteiger partial charge in [0.2, 0.25) is 0 Å². The maximum Gasteiger partial charge on any atom is 0.0233 e. The number of benzene rings is 1. The molecular weight excluding hydrogens is 208 g/mol. The van der Waals surface area contributed by atoms with E-state index in [9.17, 15) is 0 Å². The lowest BCUT2D eigenvalue weighted by molar-refractivity contribution is 0.311. The Bertz CT molecular complexity index is 396. The van der Waals surface area contributed by atoms with Crippen molar-refractivity contribution in [3.8, 4) is 0 Å². The average Bonchev–Trinajstić information content (AvgIpc) is 3.13. The Morgan fingerprint density at radius 2 is 2.24 bits per heavy atom. The lowest BCUT2D eigenvalue weighted by Crippen LogP contribution is -2.27. The van der Waals surface area contributed by atoms with E-state index in [1.807, 2.05) is 0 Å². The Labute approximate surface area is 104 Å². The molecule has 0 amide bonds. The Hall–Kier alpha value is -0.860. The molecule has 0 aromatic heterocycles. The predicted molar refractivity (Wildman–Crippen MR) is 70.9 cm³/mol. The Balaban J connectivity index is 1.72. The Morgan fingerprint density at radius 3 is 3.06 bits per heavy atom. The highest BCUT2D eigenvalue weighted by molar-refractivity contribution is 5.36. The van der Waals surface area contributed by atoms with Crippen molar-refractivity contribution in [2.45, 2.75) is 32.4 Å². The number of nitrogens with one attached hydrogen (secondary N) is 1. The van der Waals surface area contributed by atoms with Gasteiger partial charge in [-0.15, -0.1) is 0 Å². The summed E-state index contributed by atoms with van der Waals surface area (Å²) < 4.78 is 0. The molecule has 1 aliphatic carbocycles. The van der Waals surface area contributed by atoms with Crippen LogP contribution < -0.4 is 5.32 Å². The molecule has 1 heterocycles. The predicted octanol–water partition coefficient (Wildman–Crippen LogP) is 2.17. The largest absolute Gasteiger partial charge is 0.312 e. The van der Waals surface area contributed by atoms with Crippen molar-refractivity contribution in [2.24, 2.45) is 5.92 Å². The first-order valence-corrected chi connectivity index (χ1v) is 6.82. The molecule has 1 saturated carbocycles. The van der Waals surface area contributed by atoms with Crippen LogP contribution in [0.25, 0.3) is 0 Å². The summed E-state index contributed by atoms with van der Waals surface area (Å²) in [6.45, 7) is 4.59. The molecule has 0 radical (unpaired) electrons. The highest BCUT2D eigenvalue weighted by Crippen LogP contribution is 2.30. The second-order valence-corrected chi connectivity index (χ2v) is 5.62. The number of hydrogen-bond donors (Lipinski definition) is 1. The maximum absolute atomic E-state index is 3.45. The lowest BCUT2D eigenvalue weighted by Gasteiger charge is -2.23. The fourth-order valence-electron chi connectivity index (χ4n) is 2.86. The van der Waals surface area contributed by atoms with Crippen molar-refractivity contribution in [2.75, 3.05) is 20.1 Å². The molecule has 2 aliphatic rings. The number of hydrogen-bond acceptors (Lipinski definition) is 2. The van der Waals surface area contributed by atoms with Gasteiger partial charge in [0.15, 0.2) is 0 Å². The quantitative estimate of drug-likeness (QED) is 0.853. The van der Waals surface area contributed by atoms with Gasteiger partial charge in [-0.25, -0.2) is 0 Å². The van der Waals surface area contributed by atoms with E-state index in [-0.39, 0.29) is 0 Å². The van der Waals surface area contributed by atoms with E-state index in [1.165, 1.54) is 31.4 Å². The van der Waals surface area contributed by atoms with Crippen LogP contribution >= 0.6 is 0 Å². The minimum absolute atomic E-state index is 0.987. The van der Waals surface area contributed by atoms with Crippen LogP contribution in [-0.4, -0.2) is 25.0 Å². The first kappa shape index (κ1) is 11.2. The normalized spacial score (nSPS) is 19.4. The fourth-order valence-corrected chi connectivity index (χ4v) is 2.86. The fraction of sp³-hybridized carbons (Fsp3) is 0.600. The van der Waals surface area contributed by atoms with E-state index in [1.54, 1.807) is 11.1 Å². The van der Waals surface area contributed by atoms with Gasteiger partial charge in [-0.2, -0.15) is 0 Å². The van der Waals surface area contributed by atoms with Gasteiger partial charge in [0.05, 0.1) is 0 Å². The second-order valence-electron chi connectivity index (χ2n) is 5.62. The minimum Gasteiger partial charge on any atom is -0.312 e. The van der Waals surface area contributed by atoms with Gasteiger partial charge >= 0.3 is 0 Å². The molecule has 1 aliphatic heterocycles. The summed E-state index contributed by atoms with van der Waals surface area (Å²) in [5.74, 6) is 0.987. The van der Waals surface area contributed by atoms with Crippen LogP contribution in [0.4, 0.5) is 0 Å².